The van der Waals surface area contributed by atoms with Gasteiger partial charge in [-0.15, -0.1) is 0 Å². The average molecular weight is 700 g/mol. The van der Waals surface area contributed by atoms with Crippen molar-refractivity contribution in [3.63, 3.8) is 0 Å². The lowest BCUT2D eigenvalue weighted by Gasteiger charge is -2.43. The Morgan fingerprint density at radius 1 is 0.922 bits per heavy atom. The number of aromatic amines is 1. The molecule has 0 radical (unpaired) electrons. The molecule has 7 nitrogen and oxygen atoms in total. The molecule has 2 fully saturated rings. The van der Waals surface area contributed by atoms with Crippen LogP contribution in [0.4, 0.5) is 4.39 Å². The van der Waals surface area contributed by atoms with Crippen molar-refractivity contribution in [3.05, 3.63) is 109 Å². The Bertz CT molecular complexity index is 2130. The van der Waals surface area contributed by atoms with Crippen LogP contribution in [0.2, 0.25) is 5.04 Å². The zero-order chi connectivity index (χ0) is 35.2. The molecule has 1 N–H and O–H groups in total. The summed E-state index contributed by atoms with van der Waals surface area (Å²) in [6.45, 7) is 8.46. The molecule has 1 atom stereocenters. The molecule has 9 heteroatoms. The van der Waals surface area contributed by atoms with Crippen LogP contribution >= 0.6 is 0 Å². The quantitative estimate of drug-likeness (QED) is 0.162. The van der Waals surface area contributed by atoms with Crippen molar-refractivity contribution in [3.8, 4) is 11.1 Å². The number of hydrogen-bond acceptors (Lipinski definition) is 4. The number of amides is 1. The molecule has 0 bridgehead atoms. The number of aromatic nitrogens is 4. The van der Waals surface area contributed by atoms with Crippen molar-refractivity contribution in [1.82, 2.24) is 24.4 Å². The van der Waals surface area contributed by atoms with Crippen LogP contribution in [-0.2, 0) is 4.43 Å². The van der Waals surface area contributed by atoms with Crippen LogP contribution in [0.3, 0.4) is 0 Å². The summed E-state index contributed by atoms with van der Waals surface area (Å²) in [5, 5.41) is 2.34. The first-order valence-electron chi connectivity index (χ1n) is 18.4. The van der Waals surface area contributed by atoms with E-state index in [0.29, 0.717) is 36.3 Å². The summed E-state index contributed by atoms with van der Waals surface area (Å²) in [4.78, 5) is 28.8. The number of nitrogens with one attached hydrogen (secondary N) is 1. The molecule has 1 saturated heterocycles. The number of H-pyrrole nitrogens is 1. The zero-order valence-electron chi connectivity index (χ0n) is 29.7. The van der Waals surface area contributed by atoms with E-state index in [-0.39, 0.29) is 28.5 Å². The monoisotopic (exact) mass is 699 g/mol. The van der Waals surface area contributed by atoms with Gasteiger partial charge in [0.2, 0.25) is 0 Å². The van der Waals surface area contributed by atoms with Crippen molar-refractivity contribution in [2.45, 2.75) is 70.4 Å². The van der Waals surface area contributed by atoms with Gasteiger partial charge >= 0.3 is 0 Å². The van der Waals surface area contributed by atoms with Crippen LogP contribution in [0.25, 0.3) is 33.2 Å². The fourth-order valence-electron chi connectivity index (χ4n) is 8.66. The first-order valence-corrected chi connectivity index (χ1v) is 20.3. The van der Waals surface area contributed by atoms with E-state index in [4.69, 9.17) is 9.41 Å². The van der Waals surface area contributed by atoms with E-state index in [0.717, 1.165) is 48.7 Å². The predicted octanol–water partition coefficient (Wildman–Crippen LogP) is 8.26. The standard InChI is InChI=1S/C42H46FN5O2Si/c1-42(2,3)51(32-15-9-5-10-16-32,33-17-11-6-12-18-33)50-26-29-21-22-47(25-29)41(49)38-35(43)24-34(30-19-20-36-37(23-30)45-27-44-36)39-40(38)48(28-46-39)31-13-7-4-8-14-31/h5-6,9-12,15-20,23-24,27-29,31H,4,7-8,13-14,21-22,25-26H2,1-3H3,(H,44,45). The van der Waals surface area contributed by atoms with E-state index in [1.807, 2.05) is 29.4 Å². The zero-order valence-corrected chi connectivity index (χ0v) is 30.7. The molecule has 6 aromatic rings. The number of benzene rings is 4. The van der Waals surface area contributed by atoms with Crippen molar-refractivity contribution in [2.75, 3.05) is 19.7 Å². The van der Waals surface area contributed by atoms with Gasteiger partial charge in [0.1, 0.15) is 11.4 Å². The molecule has 1 amide bonds. The van der Waals surface area contributed by atoms with E-state index >= 15 is 4.39 Å². The van der Waals surface area contributed by atoms with E-state index in [9.17, 15) is 4.79 Å². The molecule has 262 valence electrons. The second kappa shape index (κ2) is 13.5. The summed E-state index contributed by atoms with van der Waals surface area (Å²) in [6, 6.07) is 28.9. The SMILES string of the molecule is CC(C)(C)[Si](OCC1CCN(C(=O)c2c(F)cc(-c3ccc4[nH]cnc4c3)c3ncn(C4CCCCC4)c23)C1)(c1ccccc1)c1ccccc1. The minimum absolute atomic E-state index is 0.131. The lowest BCUT2D eigenvalue weighted by atomic mass is 9.94. The Labute approximate surface area is 300 Å². The molecule has 4 aromatic carbocycles. The van der Waals surface area contributed by atoms with Gasteiger partial charge in [0.25, 0.3) is 14.2 Å². The van der Waals surface area contributed by atoms with Gasteiger partial charge in [0.05, 0.1) is 34.7 Å². The third-order valence-corrected chi connectivity index (χ3v) is 16.2. The molecule has 51 heavy (non-hydrogen) atoms. The smallest absolute Gasteiger partial charge is 0.261 e. The summed E-state index contributed by atoms with van der Waals surface area (Å²) in [7, 11) is -2.73. The number of likely N-dealkylation sites (tertiary alicyclic amines) is 1. The number of carbonyl (C=O) groups is 1. The van der Waals surface area contributed by atoms with Crippen molar-refractivity contribution < 1.29 is 13.6 Å². The molecular formula is C42H46FN5O2Si. The maximum absolute atomic E-state index is 16.6. The Hall–Kier alpha value is -4.60. The highest BCUT2D eigenvalue weighted by Gasteiger charge is 2.50. The highest BCUT2D eigenvalue weighted by atomic mass is 28.4. The van der Waals surface area contributed by atoms with E-state index in [1.54, 1.807) is 6.33 Å². The largest absolute Gasteiger partial charge is 0.407 e. The number of fused-ring (bicyclic) bond motifs is 2. The van der Waals surface area contributed by atoms with Crippen molar-refractivity contribution in [1.29, 1.82) is 0 Å². The number of carbonyl (C=O) groups excluding carboxylic acids is 1. The van der Waals surface area contributed by atoms with Gasteiger partial charge in [-0.05, 0) is 58.4 Å². The van der Waals surface area contributed by atoms with E-state index in [1.165, 1.54) is 22.9 Å². The van der Waals surface area contributed by atoms with Gasteiger partial charge < -0.3 is 18.9 Å². The number of halogens is 1. The van der Waals surface area contributed by atoms with Gasteiger partial charge in [0, 0.05) is 37.2 Å². The highest BCUT2D eigenvalue weighted by Crippen LogP contribution is 2.40. The molecule has 2 aliphatic rings. The fraction of sp³-hybridized carbons (Fsp3) is 0.357. The fourth-order valence-corrected chi connectivity index (χ4v) is 13.3. The molecule has 3 heterocycles. The maximum atomic E-state index is 16.6. The van der Waals surface area contributed by atoms with Crippen LogP contribution in [-0.4, -0.2) is 58.3 Å². The van der Waals surface area contributed by atoms with Crippen molar-refractivity contribution >= 4 is 46.7 Å². The normalized spacial score (nSPS) is 17.5. The molecular weight excluding hydrogens is 654 g/mol. The van der Waals surface area contributed by atoms with E-state index in [2.05, 4.69) is 96.0 Å². The van der Waals surface area contributed by atoms with Crippen LogP contribution in [0.15, 0.2) is 97.6 Å². The van der Waals surface area contributed by atoms with Crippen LogP contribution in [0.5, 0.6) is 0 Å². The number of imidazole rings is 2. The topological polar surface area (TPSA) is 76.0 Å². The predicted molar refractivity (Wildman–Crippen MR) is 204 cm³/mol. The molecule has 2 aromatic heterocycles. The number of hydrogen-bond donors (Lipinski definition) is 1. The maximum Gasteiger partial charge on any atom is 0.261 e. The Kier molecular flexibility index (Phi) is 8.88. The van der Waals surface area contributed by atoms with Gasteiger partial charge in [-0.2, -0.15) is 0 Å². The summed E-state index contributed by atoms with van der Waals surface area (Å²) < 4.78 is 26.0. The second-order valence-electron chi connectivity index (χ2n) is 15.4. The summed E-state index contributed by atoms with van der Waals surface area (Å²) in [5.74, 6) is -0.635. The minimum atomic E-state index is -2.73. The Morgan fingerprint density at radius 2 is 1.63 bits per heavy atom. The second-order valence-corrected chi connectivity index (χ2v) is 19.7. The lowest BCUT2D eigenvalue weighted by Crippen LogP contribution is -2.67. The summed E-state index contributed by atoms with van der Waals surface area (Å²) >= 11 is 0. The van der Waals surface area contributed by atoms with Gasteiger partial charge in [-0.3, -0.25) is 4.79 Å². The van der Waals surface area contributed by atoms with E-state index < -0.39 is 14.1 Å². The molecule has 1 aliphatic carbocycles. The third kappa shape index (κ3) is 6.00. The minimum Gasteiger partial charge on any atom is -0.407 e. The Morgan fingerprint density at radius 3 is 2.31 bits per heavy atom. The first kappa shape index (κ1) is 33.5. The lowest BCUT2D eigenvalue weighted by molar-refractivity contribution is 0.0779. The van der Waals surface area contributed by atoms with Crippen LogP contribution < -0.4 is 10.4 Å². The summed E-state index contributed by atoms with van der Waals surface area (Å²) in [5.41, 5.74) is 4.62. The third-order valence-electron chi connectivity index (χ3n) is 11.2. The van der Waals surface area contributed by atoms with Crippen LogP contribution in [0.1, 0.15) is 75.7 Å². The Balaban J connectivity index is 1.12. The molecule has 8 rings (SSSR count). The average Bonchev–Trinajstić information content (AvgIpc) is 3.92. The van der Waals surface area contributed by atoms with Gasteiger partial charge in [0.15, 0.2) is 0 Å². The highest BCUT2D eigenvalue weighted by molar-refractivity contribution is 6.99. The first-order chi connectivity index (χ1) is 24.7. The molecule has 1 aliphatic heterocycles. The number of nitrogens with zero attached hydrogens (tertiary/aromatic N) is 4. The molecule has 0 spiro atoms. The van der Waals surface area contributed by atoms with Crippen molar-refractivity contribution in [2.24, 2.45) is 5.92 Å². The number of rotatable bonds is 8. The molecule has 1 unspecified atom stereocenters. The summed E-state index contributed by atoms with van der Waals surface area (Å²) in [6.07, 6.45) is 9.72. The molecule has 1 saturated carbocycles. The van der Waals surface area contributed by atoms with Gasteiger partial charge in [-0.1, -0.05) is 107 Å². The van der Waals surface area contributed by atoms with Crippen LogP contribution in [0, 0.1) is 11.7 Å². The van der Waals surface area contributed by atoms with Gasteiger partial charge in [-0.25, -0.2) is 14.4 Å².